The summed E-state index contributed by atoms with van der Waals surface area (Å²) in [6.07, 6.45) is -1.02. The molecule has 1 aromatic heterocycles. The van der Waals surface area contributed by atoms with E-state index in [4.69, 9.17) is 23.7 Å². The van der Waals surface area contributed by atoms with Gasteiger partial charge in [0.25, 0.3) is 0 Å². The summed E-state index contributed by atoms with van der Waals surface area (Å²) in [7, 11) is 1.54. The molecule has 0 aliphatic rings. The van der Waals surface area contributed by atoms with Crippen LogP contribution < -0.4 is 19.6 Å². The maximum atomic E-state index is 12.8. The van der Waals surface area contributed by atoms with E-state index in [2.05, 4.69) is 0 Å². The quantitative estimate of drug-likeness (QED) is 0.706. The van der Waals surface area contributed by atoms with E-state index in [1.807, 2.05) is 0 Å². The Morgan fingerprint density at radius 1 is 1.11 bits per heavy atom. The first-order valence-electron chi connectivity index (χ1n) is 8.18. The Labute approximate surface area is 154 Å². The van der Waals surface area contributed by atoms with E-state index in [1.165, 1.54) is 25.1 Å². The summed E-state index contributed by atoms with van der Waals surface area (Å²) < 4.78 is 21.9. The lowest BCUT2D eigenvalue weighted by atomic mass is 10.2. The van der Waals surface area contributed by atoms with Crippen molar-refractivity contribution in [1.29, 1.82) is 0 Å². The van der Waals surface area contributed by atoms with Crippen LogP contribution in [0.4, 0.5) is 0 Å². The largest absolute Gasteiger partial charge is 0.497 e. The maximum Gasteiger partial charge on any atom is 0.344 e. The van der Waals surface area contributed by atoms with Gasteiger partial charge in [-0.2, -0.15) is 0 Å². The third-order valence-electron chi connectivity index (χ3n) is 3.91. The molecule has 0 spiro atoms. The molecule has 0 amide bonds. The Morgan fingerprint density at radius 3 is 2.56 bits per heavy atom. The lowest BCUT2D eigenvalue weighted by Crippen LogP contribution is -2.22. The molecular weight excluding hydrogens is 352 g/mol. The van der Waals surface area contributed by atoms with Crippen molar-refractivity contribution in [2.45, 2.75) is 20.0 Å². The summed E-state index contributed by atoms with van der Waals surface area (Å²) >= 11 is 0. The number of carbonyl (C=O) groups is 1. The number of aryl methyl sites for hydroxylation is 1. The van der Waals surface area contributed by atoms with Crippen LogP contribution >= 0.6 is 0 Å². The van der Waals surface area contributed by atoms with Gasteiger partial charge >= 0.3 is 5.97 Å². The zero-order valence-electron chi connectivity index (χ0n) is 15.0. The van der Waals surface area contributed by atoms with Crippen molar-refractivity contribution in [3.8, 4) is 23.0 Å². The second-order valence-corrected chi connectivity index (χ2v) is 5.85. The van der Waals surface area contributed by atoms with Crippen molar-refractivity contribution >= 4 is 16.9 Å². The zero-order chi connectivity index (χ0) is 19.6. The first-order chi connectivity index (χ1) is 12.9. The molecule has 7 heteroatoms. The average molecular weight is 370 g/mol. The summed E-state index contributed by atoms with van der Waals surface area (Å²) in [5, 5.41) is 9.23. The van der Waals surface area contributed by atoms with Gasteiger partial charge in [-0.05, 0) is 38.1 Å². The lowest BCUT2D eigenvalue weighted by Gasteiger charge is -2.12. The van der Waals surface area contributed by atoms with Gasteiger partial charge in [0.2, 0.25) is 11.2 Å². The molecule has 0 saturated carbocycles. The molecule has 27 heavy (non-hydrogen) atoms. The molecule has 0 bridgehead atoms. The minimum atomic E-state index is -1.09. The first kappa shape index (κ1) is 18.3. The number of hydrogen-bond acceptors (Lipinski definition) is 6. The molecule has 0 aliphatic heterocycles. The Hall–Kier alpha value is -3.48. The van der Waals surface area contributed by atoms with Gasteiger partial charge in [0.15, 0.2) is 6.10 Å². The molecule has 1 N–H and O–H groups in total. The van der Waals surface area contributed by atoms with Crippen molar-refractivity contribution in [3.05, 3.63) is 58.4 Å². The van der Waals surface area contributed by atoms with Crippen molar-refractivity contribution in [3.63, 3.8) is 0 Å². The number of ether oxygens (including phenoxy) is 3. The maximum absolute atomic E-state index is 12.8. The van der Waals surface area contributed by atoms with Crippen LogP contribution in [0.2, 0.25) is 0 Å². The smallest absolute Gasteiger partial charge is 0.344 e. The van der Waals surface area contributed by atoms with Crippen LogP contribution in [0.15, 0.2) is 51.7 Å². The highest BCUT2D eigenvalue weighted by atomic mass is 16.5. The third kappa shape index (κ3) is 3.87. The molecule has 0 fully saturated rings. The third-order valence-corrected chi connectivity index (χ3v) is 3.91. The number of carboxylic acid groups (broad SMARTS) is 1. The molecule has 1 heterocycles. The molecule has 1 atom stereocenters. The van der Waals surface area contributed by atoms with E-state index in [9.17, 15) is 9.59 Å². The van der Waals surface area contributed by atoms with Gasteiger partial charge in [0.05, 0.1) is 12.5 Å². The molecule has 140 valence electrons. The number of hydrogen-bond donors (Lipinski definition) is 1. The van der Waals surface area contributed by atoms with Crippen LogP contribution in [0, 0.1) is 6.92 Å². The Balaban J connectivity index is 1.98. The SMILES string of the molecule is COc1cccc(Oc2c(C)oc3cc(O[C@@H](C)C(=O)O)ccc3c2=O)c1. The van der Waals surface area contributed by atoms with Gasteiger partial charge in [-0.25, -0.2) is 4.79 Å². The summed E-state index contributed by atoms with van der Waals surface area (Å²) in [4.78, 5) is 23.7. The fraction of sp³-hybridized carbons (Fsp3) is 0.200. The van der Waals surface area contributed by atoms with E-state index >= 15 is 0 Å². The lowest BCUT2D eigenvalue weighted by molar-refractivity contribution is -0.144. The number of carboxylic acids is 1. The minimum absolute atomic E-state index is 0.0725. The average Bonchev–Trinajstić information content (AvgIpc) is 2.65. The Morgan fingerprint density at radius 2 is 1.85 bits per heavy atom. The van der Waals surface area contributed by atoms with Crippen LogP contribution in [0.1, 0.15) is 12.7 Å². The topological polar surface area (TPSA) is 95.2 Å². The van der Waals surface area contributed by atoms with Crippen LogP contribution in [0.25, 0.3) is 11.0 Å². The molecule has 3 rings (SSSR count). The van der Waals surface area contributed by atoms with E-state index in [1.54, 1.807) is 38.3 Å². The first-order valence-corrected chi connectivity index (χ1v) is 8.18. The summed E-state index contributed by atoms with van der Waals surface area (Å²) in [6, 6.07) is 11.4. The molecule has 0 aliphatic carbocycles. The summed E-state index contributed by atoms with van der Waals surface area (Å²) in [6.45, 7) is 3.03. The van der Waals surface area contributed by atoms with Gasteiger partial charge in [0, 0.05) is 12.1 Å². The number of rotatable bonds is 6. The molecule has 0 unspecified atom stereocenters. The van der Waals surface area contributed by atoms with Crippen molar-refractivity contribution in [1.82, 2.24) is 0 Å². The van der Waals surface area contributed by atoms with Gasteiger partial charge in [0.1, 0.15) is 28.6 Å². The Bertz CT molecular complexity index is 1050. The monoisotopic (exact) mass is 370 g/mol. The van der Waals surface area contributed by atoms with E-state index in [0.717, 1.165) is 0 Å². The Kier molecular flexibility index (Phi) is 5.03. The highest BCUT2D eigenvalue weighted by Crippen LogP contribution is 2.29. The van der Waals surface area contributed by atoms with Crippen LogP contribution in [-0.2, 0) is 4.79 Å². The molecule has 2 aromatic carbocycles. The standard InChI is InChI=1S/C20H18O7/c1-11-19(27-14-6-4-5-13(9-14)24-3)18(21)16-8-7-15(10-17(16)26-11)25-12(2)20(22)23/h4-10,12H,1-3H3,(H,22,23)/t12-/m0/s1. The second-order valence-electron chi connectivity index (χ2n) is 5.85. The van der Waals surface area contributed by atoms with Crippen molar-refractivity contribution in [2.24, 2.45) is 0 Å². The van der Waals surface area contributed by atoms with Gasteiger partial charge in [-0.1, -0.05) is 6.07 Å². The van der Waals surface area contributed by atoms with Gasteiger partial charge in [-0.3, -0.25) is 4.79 Å². The summed E-state index contributed by atoms with van der Waals surface area (Å²) in [5.74, 6) is 0.613. The predicted molar refractivity (Wildman–Crippen MR) is 98.0 cm³/mol. The van der Waals surface area contributed by atoms with Crippen LogP contribution in [0.3, 0.4) is 0 Å². The molecular formula is C20H18O7. The van der Waals surface area contributed by atoms with Crippen molar-refractivity contribution in [2.75, 3.05) is 7.11 Å². The number of benzene rings is 2. The zero-order valence-corrected chi connectivity index (χ0v) is 15.0. The molecule has 7 nitrogen and oxygen atoms in total. The predicted octanol–water partition coefficient (Wildman–Crippen LogP) is 3.75. The number of aliphatic carboxylic acids is 1. The highest BCUT2D eigenvalue weighted by Gasteiger charge is 2.17. The second kappa shape index (κ2) is 7.41. The molecule has 0 radical (unpaired) electrons. The van der Waals surface area contributed by atoms with E-state index < -0.39 is 12.1 Å². The fourth-order valence-electron chi connectivity index (χ4n) is 2.50. The molecule has 3 aromatic rings. The highest BCUT2D eigenvalue weighted by molar-refractivity contribution is 5.80. The number of methoxy groups -OCH3 is 1. The van der Waals surface area contributed by atoms with Gasteiger partial charge < -0.3 is 23.7 Å². The fourth-order valence-corrected chi connectivity index (χ4v) is 2.50. The minimum Gasteiger partial charge on any atom is -0.497 e. The number of fused-ring (bicyclic) bond motifs is 1. The van der Waals surface area contributed by atoms with E-state index in [0.29, 0.717) is 28.4 Å². The van der Waals surface area contributed by atoms with Crippen molar-refractivity contribution < 1.29 is 28.5 Å². The summed E-state index contributed by atoms with van der Waals surface area (Å²) in [5.41, 5.74) is -0.0556. The molecule has 0 saturated heterocycles. The van der Waals surface area contributed by atoms with Crippen LogP contribution in [0.5, 0.6) is 23.0 Å². The van der Waals surface area contributed by atoms with E-state index in [-0.39, 0.29) is 16.8 Å². The van der Waals surface area contributed by atoms with Crippen LogP contribution in [-0.4, -0.2) is 24.3 Å². The normalized spacial score (nSPS) is 11.8. The van der Waals surface area contributed by atoms with Gasteiger partial charge in [-0.15, -0.1) is 0 Å².